The average molecular weight is 422 g/mol. The van der Waals surface area contributed by atoms with Crippen molar-refractivity contribution in [3.05, 3.63) is 58.9 Å². The molecule has 158 valence electrons. The summed E-state index contributed by atoms with van der Waals surface area (Å²) in [5.74, 6) is 2.26. The van der Waals surface area contributed by atoms with Gasteiger partial charge >= 0.3 is 0 Å². The summed E-state index contributed by atoms with van der Waals surface area (Å²) in [4.78, 5) is 19.3. The highest BCUT2D eigenvalue weighted by molar-refractivity contribution is 5.82. The van der Waals surface area contributed by atoms with E-state index >= 15 is 0 Å². The predicted molar refractivity (Wildman–Crippen MR) is 113 cm³/mol. The molecule has 0 fully saturated rings. The van der Waals surface area contributed by atoms with Gasteiger partial charge in [-0.05, 0) is 6.07 Å². The van der Waals surface area contributed by atoms with Gasteiger partial charge in [0, 0.05) is 47.6 Å². The summed E-state index contributed by atoms with van der Waals surface area (Å²) < 4.78 is 17.7. The molecule has 2 aromatic heterocycles. The number of rotatable bonds is 7. The predicted octanol–water partition coefficient (Wildman–Crippen LogP) is 3.49. The van der Waals surface area contributed by atoms with Crippen molar-refractivity contribution in [3.8, 4) is 23.1 Å². The molecule has 0 radical (unpaired) electrons. The third kappa shape index (κ3) is 3.75. The highest BCUT2D eigenvalue weighted by atomic mass is 16.6. The van der Waals surface area contributed by atoms with Crippen LogP contribution < -0.4 is 19.5 Å². The van der Waals surface area contributed by atoms with E-state index in [0.29, 0.717) is 45.6 Å². The second-order valence-corrected chi connectivity index (χ2v) is 6.33. The lowest BCUT2D eigenvalue weighted by Crippen LogP contribution is -2.04. The van der Waals surface area contributed by atoms with E-state index in [-0.39, 0.29) is 5.69 Å². The van der Waals surface area contributed by atoms with Crippen molar-refractivity contribution in [1.82, 2.24) is 19.7 Å². The molecular weight excluding hydrogens is 404 g/mol. The summed E-state index contributed by atoms with van der Waals surface area (Å²) in [6.45, 7) is 0. The topological polar surface area (TPSA) is 126 Å². The SMILES string of the molecule is COc1cc(Nc2nccc(-n3ncc4cc([N+](=O)[O-])ccc43)n2)cc(OC)c1OC. The Morgan fingerprint density at radius 3 is 2.42 bits per heavy atom. The Bertz CT molecular complexity index is 1250. The van der Waals surface area contributed by atoms with Gasteiger partial charge in [-0.1, -0.05) is 0 Å². The summed E-state index contributed by atoms with van der Waals surface area (Å²) >= 11 is 0. The van der Waals surface area contributed by atoms with E-state index in [1.165, 1.54) is 33.5 Å². The first-order chi connectivity index (χ1) is 15.0. The van der Waals surface area contributed by atoms with Gasteiger partial charge in [-0.2, -0.15) is 10.1 Å². The average Bonchev–Trinajstić information content (AvgIpc) is 3.21. The molecule has 1 N–H and O–H groups in total. The van der Waals surface area contributed by atoms with Gasteiger partial charge in [-0.25, -0.2) is 9.67 Å². The molecular formula is C20H18N6O5. The Balaban J connectivity index is 1.68. The summed E-state index contributed by atoms with van der Waals surface area (Å²) in [6.07, 6.45) is 3.14. The molecule has 11 heteroatoms. The van der Waals surface area contributed by atoms with E-state index in [2.05, 4.69) is 20.4 Å². The van der Waals surface area contributed by atoms with Crippen LogP contribution in [0.25, 0.3) is 16.7 Å². The number of nitro groups is 1. The first-order valence-corrected chi connectivity index (χ1v) is 9.06. The lowest BCUT2D eigenvalue weighted by Gasteiger charge is -2.14. The summed E-state index contributed by atoms with van der Waals surface area (Å²) in [5.41, 5.74) is 1.31. The van der Waals surface area contributed by atoms with Crippen LogP contribution in [0.2, 0.25) is 0 Å². The number of anilines is 2. The zero-order chi connectivity index (χ0) is 22.0. The normalized spacial score (nSPS) is 10.7. The maximum absolute atomic E-state index is 11.0. The van der Waals surface area contributed by atoms with E-state index in [1.807, 2.05) is 0 Å². The fourth-order valence-electron chi connectivity index (χ4n) is 3.13. The number of hydrogen-bond acceptors (Lipinski definition) is 9. The molecule has 0 spiro atoms. The number of hydrogen-bond donors (Lipinski definition) is 1. The molecule has 0 saturated carbocycles. The van der Waals surface area contributed by atoms with Crippen molar-refractivity contribution in [1.29, 1.82) is 0 Å². The minimum absolute atomic E-state index is 0.000469. The molecule has 4 rings (SSSR count). The first-order valence-electron chi connectivity index (χ1n) is 9.06. The maximum atomic E-state index is 11.0. The van der Waals surface area contributed by atoms with E-state index in [1.54, 1.807) is 41.3 Å². The van der Waals surface area contributed by atoms with Crippen molar-refractivity contribution in [2.24, 2.45) is 0 Å². The molecule has 0 aliphatic heterocycles. The van der Waals surface area contributed by atoms with Crippen LogP contribution in [0.3, 0.4) is 0 Å². The number of nitrogens with one attached hydrogen (secondary N) is 1. The Hall–Kier alpha value is -4.41. The van der Waals surface area contributed by atoms with Crippen LogP contribution in [0.1, 0.15) is 0 Å². The summed E-state index contributed by atoms with van der Waals surface area (Å²) in [7, 11) is 4.60. The zero-order valence-corrected chi connectivity index (χ0v) is 16.9. The lowest BCUT2D eigenvalue weighted by molar-refractivity contribution is -0.384. The molecule has 2 aromatic carbocycles. The van der Waals surface area contributed by atoms with E-state index in [0.717, 1.165) is 0 Å². The zero-order valence-electron chi connectivity index (χ0n) is 16.9. The van der Waals surface area contributed by atoms with Crippen molar-refractivity contribution in [3.63, 3.8) is 0 Å². The van der Waals surface area contributed by atoms with Gasteiger partial charge in [-0.3, -0.25) is 10.1 Å². The third-order valence-corrected chi connectivity index (χ3v) is 4.54. The second-order valence-electron chi connectivity index (χ2n) is 6.33. The summed E-state index contributed by atoms with van der Waals surface area (Å²) in [6, 6.07) is 9.69. The smallest absolute Gasteiger partial charge is 0.270 e. The summed E-state index contributed by atoms with van der Waals surface area (Å²) in [5, 5.41) is 19.0. The number of methoxy groups -OCH3 is 3. The van der Waals surface area contributed by atoms with Crippen molar-refractivity contribution in [2.45, 2.75) is 0 Å². The molecule has 0 aliphatic rings. The Morgan fingerprint density at radius 1 is 1.03 bits per heavy atom. The monoisotopic (exact) mass is 422 g/mol. The lowest BCUT2D eigenvalue weighted by atomic mass is 10.2. The molecule has 11 nitrogen and oxygen atoms in total. The second kappa shape index (κ2) is 8.14. The Kier molecular flexibility index (Phi) is 5.22. The number of benzene rings is 2. The Labute approximate surface area is 176 Å². The van der Waals surface area contributed by atoms with E-state index in [9.17, 15) is 10.1 Å². The minimum atomic E-state index is -0.444. The number of non-ortho nitro benzene ring substituents is 1. The molecule has 4 aromatic rings. The minimum Gasteiger partial charge on any atom is -0.493 e. The van der Waals surface area contributed by atoms with Crippen molar-refractivity contribution in [2.75, 3.05) is 26.6 Å². The van der Waals surface area contributed by atoms with Gasteiger partial charge in [0.2, 0.25) is 11.7 Å². The van der Waals surface area contributed by atoms with E-state index in [4.69, 9.17) is 14.2 Å². The molecule has 2 heterocycles. The Morgan fingerprint density at radius 2 is 1.77 bits per heavy atom. The van der Waals surface area contributed by atoms with Crippen LogP contribution in [0.4, 0.5) is 17.3 Å². The molecule has 0 saturated heterocycles. The molecule has 0 bridgehead atoms. The molecule has 0 amide bonds. The van der Waals surface area contributed by atoms with Gasteiger partial charge in [0.25, 0.3) is 5.69 Å². The standard InChI is InChI=1S/C20H18N6O5/c1-29-16-9-13(10-17(30-2)19(16)31-3)23-20-21-7-6-18(24-20)25-15-5-4-14(26(27)28)8-12(15)11-22-25/h4-11H,1-3H3,(H,21,23,24). The maximum Gasteiger partial charge on any atom is 0.270 e. The van der Waals surface area contributed by atoms with Crippen LogP contribution in [0.5, 0.6) is 17.2 Å². The first kappa shape index (κ1) is 19.9. The fourth-order valence-corrected chi connectivity index (χ4v) is 3.13. The number of ether oxygens (including phenoxy) is 3. The molecule has 0 aliphatic carbocycles. The van der Waals surface area contributed by atoms with Gasteiger partial charge in [0.15, 0.2) is 17.3 Å². The van der Waals surface area contributed by atoms with Gasteiger partial charge < -0.3 is 19.5 Å². The van der Waals surface area contributed by atoms with E-state index < -0.39 is 4.92 Å². The number of aromatic nitrogens is 4. The van der Waals surface area contributed by atoms with Gasteiger partial charge in [0.05, 0.1) is 38.0 Å². The molecule has 0 unspecified atom stereocenters. The number of nitrogens with zero attached hydrogens (tertiary/aromatic N) is 5. The van der Waals surface area contributed by atoms with Crippen LogP contribution in [-0.4, -0.2) is 46.0 Å². The van der Waals surface area contributed by atoms with Crippen LogP contribution >= 0.6 is 0 Å². The number of nitro benzene ring substituents is 1. The molecule has 0 atom stereocenters. The molecule has 31 heavy (non-hydrogen) atoms. The van der Waals surface area contributed by atoms with Gasteiger partial charge in [0.1, 0.15) is 0 Å². The van der Waals surface area contributed by atoms with Crippen molar-refractivity contribution < 1.29 is 19.1 Å². The van der Waals surface area contributed by atoms with Gasteiger partial charge in [-0.15, -0.1) is 0 Å². The highest BCUT2D eigenvalue weighted by Crippen LogP contribution is 2.40. The van der Waals surface area contributed by atoms with Crippen LogP contribution in [0.15, 0.2) is 48.8 Å². The quantitative estimate of drug-likeness (QED) is 0.352. The fraction of sp³-hybridized carbons (Fsp3) is 0.150. The largest absolute Gasteiger partial charge is 0.493 e. The van der Waals surface area contributed by atoms with Crippen molar-refractivity contribution >= 4 is 28.2 Å². The number of fused-ring (bicyclic) bond motifs is 1. The van der Waals surface area contributed by atoms with Crippen LogP contribution in [0, 0.1) is 10.1 Å². The van der Waals surface area contributed by atoms with Crippen LogP contribution in [-0.2, 0) is 0 Å². The third-order valence-electron chi connectivity index (χ3n) is 4.54. The highest BCUT2D eigenvalue weighted by Gasteiger charge is 2.15.